The molecule has 7 heteroatoms. The van der Waals surface area contributed by atoms with Crippen LogP contribution in [0.5, 0.6) is 5.75 Å². The summed E-state index contributed by atoms with van der Waals surface area (Å²) in [7, 11) is 0. The van der Waals surface area contributed by atoms with E-state index in [4.69, 9.17) is 10.5 Å². The molecule has 0 fully saturated rings. The van der Waals surface area contributed by atoms with E-state index in [-0.39, 0.29) is 12.2 Å². The molecule has 2 rings (SSSR count). The number of rotatable bonds is 7. The van der Waals surface area contributed by atoms with Crippen LogP contribution in [0, 0.1) is 5.82 Å². The SMILES string of the molecule is C=C(NNC(=O)c1ccccc1F)c1ccc(OCC(N)=O)cc1. The lowest BCUT2D eigenvalue weighted by atomic mass is 10.2. The molecule has 0 unspecified atom stereocenters. The molecule has 0 bridgehead atoms. The number of hydrogen-bond acceptors (Lipinski definition) is 4. The van der Waals surface area contributed by atoms with Gasteiger partial charge in [0.05, 0.1) is 11.3 Å². The smallest absolute Gasteiger partial charge is 0.272 e. The third-order valence-corrected chi connectivity index (χ3v) is 3.03. The Morgan fingerprint density at radius 3 is 2.38 bits per heavy atom. The summed E-state index contributed by atoms with van der Waals surface area (Å²) in [5, 5.41) is 0. The Bertz CT molecular complexity index is 760. The van der Waals surface area contributed by atoms with Crippen LogP contribution in [0.4, 0.5) is 4.39 Å². The number of nitrogens with two attached hydrogens (primary N) is 1. The van der Waals surface area contributed by atoms with Crippen molar-refractivity contribution in [1.82, 2.24) is 10.9 Å². The van der Waals surface area contributed by atoms with E-state index in [0.717, 1.165) is 0 Å². The number of amides is 2. The Hall–Kier alpha value is -3.35. The van der Waals surface area contributed by atoms with Gasteiger partial charge >= 0.3 is 0 Å². The molecule has 6 nitrogen and oxygen atoms in total. The van der Waals surface area contributed by atoms with Crippen molar-refractivity contribution < 1.29 is 18.7 Å². The summed E-state index contributed by atoms with van der Waals surface area (Å²) in [5.41, 5.74) is 11.0. The first-order chi connectivity index (χ1) is 11.5. The third-order valence-electron chi connectivity index (χ3n) is 3.03. The van der Waals surface area contributed by atoms with Crippen LogP contribution in [0.3, 0.4) is 0 Å². The number of carbonyl (C=O) groups excluding carboxylic acids is 2. The Labute approximate surface area is 138 Å². The second-order valence-electron chi connectivity index (χ2n) is 4.82. The highest BCUT2D eigenvalue weighted by molar-refractivity contribution is 5.94. The van der Waals surface area contributed by atoms with Crippen LogP contribution in [-0.2, 0) is 4.79 Å². The first-order valence-electron chi connectivity index (χ1n) is 6.98. The van der Waals surface area contributed by atoms with Crippen LogP contribution < -0.4 is 21.3 Å². The number of primary amides is 1. The lowest BCUT2D eigenvalue weighted by Gasteiger charge is -2.12. The fourth-order valence-corrected chi connectivity index (χ4v) is 1.82. The van der Waals surface area contributed by atoms with Crippen molar-refractivity contribution >= 4 is 17.5 Å². The largest absolute Gasteiger partial charge is 0.484 e. The highest BCUT2D eigenvalue weighted by Gasteiger charge is 2.10. The lowest BCUT2D eigenvalue weighted by Crippen LogP contribution is -2.36. The van der Waals surface area contributed by atoms with Crippen LogP contribution in [0.25, 0.3) is 5.70 Å². The molecule has 2 aromatic carbocycles. The van der Waals surface area contributed by atoms with Crippen molar-refractivity contribution in [2.75, 3.05) is 6.61 Å². The van der Waals surface area contributed by atoms with Crippen LogP contribution in [0.1, 0.15) is 15.9 Å². The van der Waals surface area contributed by atoms with Gasteiger partial charge in [-0.3, -0.25) is 20.4 Å². The van der Waals surface area contributed by atoms with Gasteiger partial charge in [0, 0.05) is 0 Å². The normalized spacial score (nSPS) is 9.88. The molecule has 2 amide bonds. The predicted octanol–water partition coefficient (Wildman–Crippen LogP) is 1.60. The summed E-state index contributed by atoms with van der Waals surface area (Å²) in [5.74, 6) is -1.32. The Balaban J connectivity index is 1.91. The van der Waals surface area contributed by atoms with Gasteiger partial charge in [-0.2, -0.15) is 0 Å². The molecule has 0 saturated heterocycles. The number of carbonyl (C=O) groups is 2. The fourth-order valence-electron chi connectivity index (χ4n) is 1.82. The Morgan fingerprint density at radius 2 is 1.75 bits per heavy atom. The third kappa shape index (κ3) is 4.57. The quantitative estimate of drug-likeness (QED) is 0.673. The van der Waals surface area contributed by atoms with Gasteiger partial charge in [0.2, 0.25) is 0 Å². The van der Waals surface area contributed by atoms with Crippen LogP contribution >= 0.6 is 0 Å². The van der Waals surface area contributed by atoms with Crippen molar-refractivity contribution in [2.24, 2.45) is 5.73 Å². The molecule has 0 spiro atoms. The van der Waals surface area contributed by atoms with E-state index in [0.29, 0.717) is 17.0 Å². The van der Waals surface area contributed by atoms with E-state index < -0.39 is 17.6 Å². The van der Waals surface area contributed by atoms with E-state index in [1.54, 1.807) is 30.3 Å². The van der Waals surface area contributed by atoms with E-state index in [9.17, 15) is 14.0 Å². The number of hydrogen-bond donors (Lipinski definition) is 3. The second kappa shape index (κ2) is 7.77. The number of nitrogens with one attached hydrogen (secondary N) is 2. The average Bonchev–Trinajstić information content (AvgIpc) is 2.58. The maximum absolute atomic E-state index is 13.5. The average molecular weight is 329 g/mol. The summed E-state index contributed by atoms with van der Waals surface area (Å²) >= 11 is 0. The molecule has 24 heavy (non-hydrogen) atoms. The monoisotopic (exact) mass is 329 g/mol. The van der Waals surface area contributed by atoms with Crippen molar-refractivity contribution in [3.8, 4) is 5.75 Å². The minimum atomic E-state index is -0.615. The molecular formula is C17H16FN3O3. The number of halogens is 1. The number of benzene rings is 2. The number of hydrazine groups is 1. The van der Waals surface area contributed by atoms with Gasteiger partial charge in [-0.05, 0) is 42.0 Å². The zero-order chi connectivity index (χ0) is 17.5. The van der Waals surface area contributed by atoms with Crippen molar-refractivity contribution in [3.05, 3.63) is 72.1 Å². The van der Waals surface area contributed by atoms with Gasteiger partial charge in [-0.25, -0.2) is 4.39 Å². The lowest BCUT2D eigenvalue weighted by molar-refractivity contribution is -0.119. The highest BCUT2D eigenvalue weighted by Crippen LogP contribution is 2.16. The molecule has 0 saturated carbocycles. The topological polar surface area (TPSA) is 93.4 Å². The van der Waals surface area contributed by atoms with E-state index in [1.807, 2.05) is 0 Å². The molecule has 0 radical (unpaired) electrons. The Morgan fingerprint density at radius 1 is 1.08 bits per heavy atom. The standard InChI is InChI=1S/C17H16FN3O3/c1-11(12-6-8-13(9-7-12)24-10-16(19)22)20-21-17(23)14-4-2-3-5-15(14)18/h2-9,20H,1,10H2,(H2,19,22)(H,21,23). The first kappa shape index (κ1) is 17.0. The van der Waals surface area contributed by atoms with Crippen molar-refractivity contribution in [2.45, 2.75) is 0 Å². The molecular weight excluding hydrogens is 313 g/mol. The second-order valence-corrected chi connectivity index (χ2v) is 4.82. The predicted molar refractivity (Wildman–Crippen MR) is 87.2 cm³/mol. The maximum Gasteiger partial charge on any atom is 0.272 e. The summed E-state index contributed by atoms with van der Waals surface area (Å²) in [4.78, 5) is 22.5. The van der Waals surface area contributed by atoms with Gasteiger partial charge < -0.3 is 10.5 Å². The molecule has 0 aromatic heterocycles. The van der Waals surface area contributed by atoms with E-state index in [2.05, 4.69) is 17.4 Å². The zero-order valence-electron chi connectivity index (χ0n) is 12.7. The van der Waals surface area contributed by atoms with E-state index >= 15 is 0 Å². The molecule has 0 aliphatic rings. The van der Waals surface area contributed by atoms with Gasteiger partial charge in [0.25, 0.3) is 11.8 Å². The molecule has 0 atom stereocenters. The maximum atomic E-state index is 13.5. The molecule has 4 N–H and O–H groups in total. The zero-order valence-corrected chi connectivity index (χ0v) is 12.7. The van der Waals surface area contributed by atoms with Gasteiger partial charge in [-0.15, -0.1) is 0 Å². The summed E-state index contributed by atoms with van der Waals surface area (Å²) in [6.07, 6.45) is 0. The Kier molecular flexibility index (Phi) is 5.51. The molecule has 124 valence electrons. The van der Waals surface area contributed by atoms with E-state index in [1.165, 1.54) is 18.2 Å². The van der Waals surface area contributed by atoms with Crippen molar-refractivity contribution in [3.63, 3.8) is 0 Å². The summed E-state index contributed by atoms with van der Waals surface area (Å²) in [6.45, 7) is 3.57. The van der Waals surface area contributed by atoms with Gasteiger partial charge in [0.15, 0.2) is 6.61 Å². The highest BCUT2D eigenvalue weighted by atomic mass is 19.1. The first-order valence-corrected chi connectivity index (χ1v) is 6.98. The van der Waals surface area contributed by atoms with Crippen LogP contribution in [0.2, 0.25) is 0 Å². The van der Waals surface area contributed by atoms with Gasteiger partial charge in [0.1, 0.15) is 11.6 Å². The molecule has 0 heterocycles. The molecule has 0 aliphatic heterocycles. The minimum absolute atomic E-state index is 0.0759. The molecule has 0 aliphatic carbocycles. The minimum Gasteiger partial charge on any atom is -0.484 e. The van der Waals surface area contributed by atoms with Gasteiger partial charge in [-0.1, -0.05) is 18.7 Å². The summed E-state index contributed by atoms with van der Waals surface area (Å²) in [6, 6.07) is 12.3. The number of ether oxygens (including phenoxy) is 1. The van der Waals surface area contributed by atoms with Crippen LogP contribution in [-0.4, -0.2) is 18.4 Å². The summed E-state index contributed by atoms with van der Waals surface area (Å²) < 4.78 is 18.6. The van der Waals surface area contributed by atoms with Crippen molar-refractivity contribution in [1.29, 1.82) is 0 Å². The van der Waals surface area contributed by atoms with Crippen LogP contribution in [0.15, 0.2) is 55.1 Å². The fraction of sp³-hybridized carbons (Fsp3) is 0.0588. The molecule has 2 aromatic rings.